The van der Waals surface area contributed by atoms with Gasteiger partial charge in [-0.3, -0.25) is 9.48 Å². The Bertz CT molecular complexity index is 957. The summed E-state index contributed by atoms with van der Waals surface area (Å²) in [6.45, 7) is 6.83. The highest BCUT2D eigenvalue weighted by molar-refractivity contribution is 6.31. The van der Waals surface area contributed by atoms with Crippen molar-refractivity contribution in [2.45, 2.75) is 27.3 Å². The summed E-state index contributed by atoms with van der Waals surface area (Å²) < 4.78 is 1.77. The number of aryl methyl sites for hydroxylation is 1. The molecule has 0 radical (unpaired) electrons. The number of aromatic nitrogens is 4. The Hall–Kier alpha value is -2.86. The van der Waals surface area contributed by atoms with Crippen LogP contribution in [0.5, 0.6) is 0 Å². The minimum atomic E-state index is -0.237. The predicted octanol–water partition coefficient (Wildman–Crippen LogP) is 4.54. The first-order valence-corrected chi connectivity index (χ1v) is 9.13. The Balaban J connectivity index is 1.71. The highest BCUT2D eigenvalue weighted by Crippen LogP contribution is 2.23. The standard InChI is InChI=1S/C20H22ClN5O/c1-13(2)12-26-19(21)17(14(3)25-26)7-8-18(27)24-16-6-4-5-15(11-16)20-22-9-10-23-20/h4-11,13H,12H2,1-3H3,(H,22,23)(H,24,27)/b8-7+. The van der Waals surface area contributed by atoms with Gasteiger partial charge in [-0.15, -0.1) is 0 Å². The molecule has 140 valence electrons. The summed E-state index contributed by atoms with van der Waals surface area (Å²) in [5.74, 6) is 0.948. The van der Waals surface area contributed by atoms with Gasteiger partial charge in [-0.1, -0.05) is 37.6 Å². The maximum atomic E-state index is 12.3. The van der Waals surface area contributed by atoms with Crippen molar-refractivity contribution in [1.29, 1.82) is 0 Å². The SMILES string of the molecule is Cc1nn(CC(C)C)c(Cl)c1/C=C/C(=O)Nc1cccc(-c2ncc[nH]2)c1. The van der Waals surface area contributed by atoms with Crippen LogP contribution in [0.4, 0.5) is 5.69 Å². The van der Waals surface area contributed by atoms with E-state index >= 15 is 0 Å². The highest BCUT2D eigenvalue weighted by atomic mass is 35.5. The number of H-pyrrole nitrogens is 1. The van der Waals surface area contributed by atoms with E-state index in [9.17, 15) is 4.79 Å². The van der Waals surface area contributed by atoms with Crippen molar-refractivity contribution >= 4 is 29.3 Å². The molecule has 2 heterocycles. The molecule has 27 heavy (non-hydrogen) atoms. The molecule has 0 saturated heterocycles. The summed E-state index contributed by atoms with van der Waals surface area (Å²) in [6.07, 6.45) is 6.62. The first kappa shape index (κ1) is 18.9. The van der Waals surface area contributed by atoms with Gasteiger partial charge in [0.25, 0.3) is 0 Å². The average Bonchev–Trinajstić information content (AvgIpc) is 3.23. The van der Waals surface area contributed by atoms with Crippen molar-refractivity contribution < 1.29 is 4.79 Å². The van der Waals surface area contributed by atoms with E-state index in [4.69, 9.17) is 11.6 Å². The van der Waals surface area contributed by atoms with Crippen molar-refractivity contribution in [3.63, 3.8) is 0 Å². The van der Waals surface area contributed by atoms with E-state index in [2.05, 4.69) is 34.2 Å². The molecule has 0 bridgehead atoms. The summed E-state index contributed by atoms with van der Waals surface area (Å²) in [7, 11) is 0. The smallest absolute Gasteiger partial charge is 0.248 e. The Morgan fingerprint density at radius 3 is 2.93 bits per heavy atom. The zero-order chi connectivity index (χ0) is 19.4. The molecule has 1 aromatic carbocycles. The van der Waals surface area contributed by atoms with Crippen LogP contribution in [0.1, 0.15) is 25.1 Å². The number of anilines is 1. The van der Waals surface area contributed by atoms with E-state index in [0.717, 1.165) is 29.2 Å². The number of halogens is 1. The number of amides is 1. The molecule has 0 aliphatic carbocycles. The lowest BCUT2D eigenvalue weighted by Gasteiger charge is -2.05. The average molecular weight is 384 g/mol. The molecule has 0 aliphatic heterocycles. The maximum absolute atomic E-state index is 12.3. The van der Waals surface area contributed by atoms with Crippen molar-refractivity contribution in [3.8, 4) is 11.4 Å². The number of aromatic amines is 1. The monoisotopic (exact) mass is 383 g/mol. The Morgan fingerprint density at radius 2 is 2.22 bits per heavy atom. The van der Waals surface area contributed by atoms with Crippen molar-refractivity contribution in [3.05, 3.63) is 59.1 Å². The number of benzene rings is 1. The number of nitrogens with zero attached hydrogens (tertiary/aromatic N) is 3. The molecule has 0 fully saturated rings. The fourth-order valence-corrected chi connectivity index (χ4v) is 3.04. The van der Waals surface area contributed by atoms with Gasteiger partial charge in [0.15, 0.2) is 0 Å². The summed E-state index contributed by atoms with van der Waals surface area (Å²) in [4.78, 5) is 19.6. The third kappa shape index (κ3) is 4.65. The van der Waals surface area contributed by atoms with Gasteiger partial charge in [0.2, 0.25) is 5.91 Å². The summed E-state index contributed by atoms with van der Waals surface area (Å²) in [5.41, 5.74) is 3.15. The maximum Gasteiger partial charge on any atom is 0.248 e. The van der Waals surface area contributed by atoms with E-state index < -0.39 is 0 Å². The number of nitrogens with one attached hydrogen (secondary N) is 2. The van der Waals surface area contributed by atoms with E-state index in [-0.39, 0.29) is 5.91 Å². The molecule has 0 saturated carbocycles. The Labute approximate surface area is 163 Å². The quantitative estimate of drug-likeness (QED) is 0.613. The summed E-state index contributed by atoms with van der Waals surface area (Å²) >= 11 is 6.40. The molecule has 2 N–H and O–H groups in total. The van der Waals surface area contributed by atoms with E-state index in [1.54, 1.807) is 23.2 Å². The molecule has 0 spiro atoms. The van der Waals surface area contributed by atoms with E-state index in [0.29, 0.717) is 16.8 Å². The van der Waals surface area contributed by atoms with Crippen LogP contribution in [0, 0.1) is 12.8 Å². The molecule has 0 atom stereocenters. The van der Waals surface area contributed by atoms with Crippen LogP contribution in [0.2, 0.25) is 5.15 Å². The van der Waals surface area contributed by atoms with Gasteiger partial charge in [0.05, 0.1) is 5.69 Å². The Morgan fingerprint density at radius 1 is 1.41 bits per heavy atom. The van der Waals surface area contributed by atoms with Gasteiger partial charge >= 0.3 is 0 Å². The third-order valence-corrected chi connectivity index (χ3v) is 4.35. The third-order valence-electron chi connectivity index (χ3n) is 3.95. The molecular formula is C20H22ClN5O. The van der Waals surface area contributed by atoms with E-state index in [1.165, 1.54) is 6.08 Å². The van der Waals surface area contributed by atoms with Crippen LogP contribution < -0.4 is 5.32 Å². The van der Waals surface area contributed by atoms with Crippen molar-refractivity contribution in [1.82, 2.24) is 19.7 Å². The lowest BCUT2D eigenvalue weighted by molar-refractivity contribution is -0.111. The number of carbonyl (C=O) groups is 1. The second-order valence-corrected chi connectivity index (χ2v) is 7.07. The second kappa shape index (κ2) is 8.22. The molecule has 6 nitrogen and oxygen atoms in total. The number of carbonyl (C=O) groups excluding carboxylic acids is 1. The van der Waals surface area contributed by atoms with Crippen LogP contribution in [0.15, 0.2) is 42.7 Å². The molecule has 0 unspecified atom stereocenters. The number of hydrogen-bond donors (Lipinski definition) is 2. The minimum absolute atomic E-state index is 0.237. The molecule has 3 aromatic rings. The van der Waals surface area contributed by atoms with Crippen LogP contribution in [0.25, 0.3) is 17.5 Å². The molecule has 3 rings (SSSR count). The van der Waals surface area contributed by atoms with E-state index in [1.807, 2.05) is 31.2 Å². The van der Waals surface area contributed by atoms with Crippen LogP contribution in [-0.4, -0.2) is 25.7 Å². The molecule has 2 aromatic heterocycles. The Kier molecular flexibility index (Phi) is 5.76. The number of rotatable bonds is 6. The van der Waals surface area contributed by atoms with Crippen molar-refractivity contribution in [2.24, 2.45) is 5.92 Å². The molecule has 7 heteroatoms. The number of imidazole rings is 1. The molecule has 0 aliphatic rings. The first-order chi connectivity index (χ1) is 12.9. The minimum Gasteiger partial charge on any atom is -0.345 e. The van der Waals surface area contributed by atoms with Gasteiger partial charge in [-0.2, -0.15) is 5.10 Å². The van der Waals surface area contributed by atoms with Crippen LogP contribution in [-0.2, 0) is 11.3 Å². The van der Waals surface area contributed by atoms with Gasteiger partial charge in [0.1, 0.15) is 11.0 Å². The second-order valence-electron chi connectivity index (χ2n) is 6.71. The topological polar surface area (TPSA) is 75.6 Å². The van der Waals surface area contributed by atoms with Crippen molar-refractivity contribution in [2.75, 3.05) is 5.32 Å². The largest absolute Gasteiger partial charge is 0.345 e. The lowest BCUT2D eigenvalue weighted by atomic mass is 10.2. The fourth-order valence-electron chi connectivity index (χ4n) is 2.73. The van der Waals surface area contributed by atoms with Crippen LogP contribution in [0.3, 0.4) is 0 Å². The van der Waals surface area contributed by atoms with Gasteiger partial charge in [0, 0.05) is 41.8 Å². The molecular weight excluding hydrogens is 362 g/mol. The molecule has 1 amide bonds. The predicted molar refractivity (Wildman–Crippen MR) is 108 cm³/mol. The van der Waals surface area contributed by atoms with Gasteiger partial charge in [-0.25, -0.2) is 4.98 Å². The first-order valence-electron chi connectivity index (χ1n) is 8.76. The zero-order valence-corrected chi connectivity index (χ0v) is 16.3. The number of hydrogen-bond acceptors (Lipinski definition) is 3. The summed E-state index contributed by atoms with van der Waals surface area (Å²) in [6, 6.07) is 7.49. The lowest BCUT2D eigenvalue weighted by Crippen LogP contribution is -2.07. The normalized spacial score (nSPS) is 11.4. The van der Waals surface area contributed by atoms with Crippen LogP contribution >= 0.6 is 11.6 Å². The van der Waals surface area contributed by atoms with Gasteiger partial charge < -0.3 is 10.3 Å². The highest BCUT2D eigenvalue weighted by Gasteiger charge is 2.12. The zero-order valence-electron chi connectivity index (χ0n) is 15.5. The fraction of sp³-hybridized carbons (Fsp3) is 0.250. The summed E-state index contributed by atoms with van der Waals surface area (Å²) in [5, 5.41) is 7.84. The van der Waals surface area contributed by atoms with Gasteiger partial charge in [-0.05, 0) is 31.1 Å².